The lowest BCUT2D eigenvalue weighted by atomic mass is 10.0. The van der Waals surface area contributed by atoms with E-state index in [-0.39, 0.29) is 18.7 Å². The molecule has 0 unspecified atom stereocenters. The monoisotopic (exact) mass is 376 g/mol. The Balaban J connectivity index is 0.00000136. The van der Waals surface area contributed by atoms with Gasteiger partial charge in [-0.2, -0.15) is 5.26 Å². The van der Waals surface area contributed by atoms with E-state index in [4.69, 9.17) is 11.0 Å². The maximum atomic E-state index is 11.8. The molecule has 0 atom stereocenters. The van der Waals surface area contributed by atoms with Gasteiger partial charge in [-0.3, -0.25) is 9.78 Å². The highest BCUT2D eigenvalue weighted by molar-refractivity contribution is 5.97. The Bertz CT molecular complexity index is 1010. The molecular formula is C21H24N6O. The fraction of sp³-hybridized carbons (Fsp3) is 0.286. The Morgan fingerprint density at radius 1 is 1.29 bits per heavy atom. The van der Waals surface area contributed by atoms with Crippen LogP contribution in [-0.4, -0.2) is 20.9 Å². The van der Waals surface area contributed by atoms with Crippen molar-refractivity contribution in [3.8, 4) is 17.3 Å². The van der Waals surface area contributed by atoms with Crippen molar-refractivity contribution in [2.45, 2.75) is 40.0 Å². The minimum atomic E-state index is -0.249. The molecule has 0 saturated carbocycles. The lowest BCUT2D eigenvalue weighted by Crippen LogP contribution is -2.12. The number of amides is 1. The molecule has 3 aromatic heterocycles. The molecule has 3 heterocycles. The number of nitrogens with zero attached hydrogens (tertiary/aromatic N) is 4. The predicted molar refractivity (Wildman–Crippen MR) is 111 cm³/mol. The molecule has 0 fully saturated rings. The number of aromatic nitrogens is 3. The second-order valence-corrected chi connectivity index (χ2v) is 5.78. The zero-order chi connectivity index (χ0) is 20.5. The van der Waals surface area contributed by atoms with Gasteiger partial charge in [0, 0.05) is 42.4 Å². The minimum Gasteiger partial charge on any atom is -0.383 e. The van der Waals surface area contributed by atoms with Crippen LogP contribution >= 0.6 is 0 Å². The average molecular weight is 376 g/mol. The maximum absolute atomic E-state index is 11.8. The average Bonchev–Trinajstić information content (AvgIpc) is 2.73. The third kappa shape index (κ3) is 4.80. The van der Waals surface area contributed by atoms with Crippen LogP contribution in [0.3, 0.4) is 0 Å². The number of hydrogen-bond acceptors (Lipinski definition) is 6. The zero-order valence-electron chi connectivity index (χ0n) is 16.4. The number of nitriles is 1. The molecule has 3 aromatic rings. The van der Waals surface area contributed by atoms with Crippen molar-refractivity contribution in [1.29, 1.82) is 5.26 Å². The number of aryl methyl sites for hydroxylation is 1. The van der Waals surface area contributed by atoms with Crippen molar-refractivity contribution in [3.05, 3.63) is 42.4 Å². The fourth-order valence-electron chi connectivity index (χ4n) is 2.72. The first-order chi connectivity index (χ1) is 13.6. The number of rotatable bonds is 5. The summed E-state index contributed by atoms with van der Waals surface area (Å²) in [4.78, 5) is 24.7. The second kappa shape index (κ2) is 9.97. The Morgan fingerprint density at radius 2 is 2.07 bits per heavy atom. The Hall–Kier alpha value is -3.53. The van der Waals surface area contributed by atoms with Crippen LogP contribution in [0.1, 0.15) is 39.2 Å². The van der Waals surface area contributed by atoms with E-state index >= 15 is 0 Å². The van der Waals surface area contributed by atoms with E-state index in [2.05, 4.69) is 27.2 Å². The molecular weight excluding hydrogens is 352 g/mol. The molecule has 0 saturated heterocycles. The van der Waals surface area contributed by atoms with E-state index in [0.29, 0.717) is 17.0 Å². The summed E-state index contributed by atoms with van der Waals surface area (Å²) in [5.41, 5.74) is 8.90. The van der Waals surface area contributed by atoms with E-state index in [1.54, 1.807) is 24.7 Å². The highest BCUT2D eigenvalue weighted by Crippen LogP contribution is 2.29. The molecule has 0 aromatic carbocycles. The number of nitrogens with one attached hydrogen (secondary N) is 1. The summed E-state index contributed by atoms with van der Waals surface area (Å²) in [6.07, 6.45) is 6.28. The van der Waals surface area contributed by atoms with Gasteiger partial charge in [0.15, 0.2) is 0 Å². The van der Waals surface area contributed by atoms with E-state index < -0.39 is 0 Å². The number of hydrogen-bond donors (Lipinski definition) is 2. The highest BCUT2D eigenvalue weighted by atomic mass is 16.1. The molecule has 0 spiro atoms. The summed E-state index contributed by atoms with van der Waals surface area (Å²) in [5, 5.41) is 12.8. The minimum absolute atomic E-state index is 0.134. The highest BCUT2D eigenvalue weighted by Gasteiger charge is 2.11. The fourth-order valence-corrected chi connectivity index (χ4v) is 2.72. The van der Waals surface area contributed by atoms with Crippen LogP contribution < -0.4 is 11.1 Å². The van der Waals surface area contributed by atoms with Crippen molar-refractivity contribution >= 4 is 28.3 Å². The number of carbonyl (C=O) groups is 1. The van der Waals surface area contributed by atoms with Gasteiger partial charge in [0.1, 0.15) is 11.6 Å². The molecule has 3 rings (SSSR count). The number of anilines is 2. The van der Waals surface area contributed by atoms with Crippen LogP contribution in [0.4, 0.5) is 11.6 Å². The lowest BCUT2D eigenvalue weighted by molar-refractivity contribution is -0.116. The van der Waals surface area contributed by atoms with E-state index in [0.717, 1.165) is 28.6 Å². The van der Waals surface area contributed by atoms with Gasteiger partial charge in [0.2, 0.25) is 5.91 Å². The van der Waals surface area contributed by atoms with E-state index in [9.17, 15) is 4.79 Å². The van der Waals surface area contributed by atoms with Crippen molar-refractivity contribution in [1.82, 2.24) is 15.0 Å². The first-order valence-electron chi connectivity index (χ1n) is 9.28. The Labute approximate surface area is 164 Å². The topological polar surface area (TPSA) is 118 Å². The number of nitrogen functional groups attached to an aromatic ring is 1. The molecule has 7 nitrogen and oxygen atoms in total. The molecule has 0 bridgehead atoms. The smallest absolute Gasteiger partial charge is 0.226 e. The van der Waals surface area contributed by atoms with Crippen LogP contribution in [0.5, 0.6) is 0 Å². The van der Waals surface area contributed by atoms with Crippen molar-refractivity contribution in [2.75, 3.05) is 11.1 Å². The first-order valence-corrected chi connectivity index (χ1v) is 9.28. The molecule has 28 heavy (non-hydrogen) atoms. The van der Waals surface area contributed by atoms with Gasteiger partial charge in [-0.1, -0.05) is 20.8 Å². The summed E-state index contributed by atoms with van der Waals surface area (Å²) in [6, 6.07) is 7.57. The van der Waals surface area contributed by atoms with Crippen LogP contribution in [0.2, 0.25) is 0 Å². The van der Waals surface area contributed by atoms with Crippen molar-refractivity contribution in [3.63, 3.8) is 0 Å². The van der Waals surface area contributed by atoms with Crippen molar-refractivity contribution in [2.24, 2.45) is 0 Å². The lowest BCUT2D eigenvalue weighted by Gasteiger charge is -2.10. The second-order valence-electron chi connectivity index (χ2n) is 5.78. The van der Waals surface area contributed by atoms with Gasteiger partial charge in [0.05, 0.1) is 11.8 Å². The van der Waals surface area contributed by atoms with Crippen LogP contribution in [0.15, 0.2) is 36.8 Å². The van der Waals surface area contributed by atoms with Gasteiger partial charge in [-0.25, -0.2) is 9.97 Å². The van der Waals surface area contributed by atoms with Crippen molar-refractivity contribution < 1.29 is 4.79 Å². The number of fused-ring (bicyclic) bond motifs is 1. The molecule has 7 heteroatoms. The molecule has 0 aliphatic heterocycles. The molecule has 0 aliphatic carbocycles. The zero-order valence-corrected chi connectivity index (χ0v) is 16.4. The predicted octanol–water partition coefficient (Wildman–Crippen LogP) is 4.10. The van der Waals surface area contributed by atoms with Crippen LogP contribution in [0, 0.1) is 11.3 Å². The number of carbonyl (C=O) groups excluding carboxylic acids is 1. The van der Waals surface area contributed by atoms with Gasteiger partial charge >= 0.3 is 0 Å². The van der Waals surface area contributed by atoms with Gasteiger partial charge in [-0.05, 0) is 35.6 Å². The standard InChI is InChI=1S/C19H18N6O.C2H6/c1-2-12-5-7-22-10-14(12)16-8-13-9-17(25-18(26)4-3-6-20)23-11-15(13)19(21)24-16;1-2/h5,7-11H,2-4H2,1H3,(H2,21,24)(H,23,25,26);1-2H3. The first kappa shape index (κ1) is 20.8. The summed E-state index contributed by atoms with van der Waals surface area (Å²) >= 11 is 0. The number of pyridine rings is 3. The molecule has 3 N–H and O–H groups in total. The summed E-state index contributed by atoms with van der Waals surface area (Å²) in [6.45, 7) is 6.07. The molecule has 0 radical (unpaired) electrons. The van der Waals surface area contributed by atoms with E-state index in [1.165, 1.54) is 0 Å². The Kier molecular flexibility index (Phi) is 7.40. The number of nitrogens with two attached hydrogens (primary N) is 1. The van der Waals surface area contributed by atoms with Crippen LogP contribution in [0.25, 0.3) is 22.0 Å². The van der Waals surface area contributed by atoms with Gasteiger partial charge in [0.25, 0.3) is 0 Å². The maximum Gasteiger partial charge on any atom is 0.226 e. The van der Waals surface area contributed by atoms with Gasteiger partial charge in [-0.15, -0.1) is 0 Å². The SMILES string of the molecule is CC.CCc1ccncc1-c1cc2cc(NC(=O)CCC#N)ncc2c(N)n1. The summed E-state index contributed by atoms with van der Waals surface area (Å²) < 4.78 is 0. The summed E-state index contributed by atoms with van der Waals surface area (Å²) in [5.74, 6) is 0.540. The normalized spacial score (nSPS) is 9.93. The summed E-state index contributed by atoms with van der Waals surface area (Å²) in [7, 11) is 0. The third-order valence-electron chi connectivity index (χ3n) is 4.04. The van der Waals surface area contributed by atoms with Gasteiger partial charge < -0.3 is 11.1 Å². The quantitative estimate of drug-likeness (QED) is 0.692. The Morgan fingerprint density at radius 3 is 2.79 bits per heavy atom. The van der Waals surface area contributed by atoms with Crippen LogP contribution in [-0.2, 0) is 11.2 Å². The molecule has 0 aliphatic rings. The third-order valence-corrected chi connectivity index (χ3v) is 4.04. The molecule has 144 valence electrons. The van der Waals surface area contributed by atoms with E-state index in [1.807, 2.05) is 32.0 Å². The molecule has 1 amide bonds. The largest absolute Gasteiger partial charge is 0.383 e.